The molecule has 2 rings (SSSR count). The highest BCUT2D eigenvalue weighted by atomic mass is 35.5. The minimum Gasteiger partial charge on any atom is -0.351 e. The van der Waals surface area contributed by atoms with Crippen LogP contribution in [0.3, 0.4) is 0 Å². The molecule has 1 saturated heterocycles. The van der Waals surface area contributed by atoms with E-state index < -0.39 is 11.7 Å². The van der Waals surface area contributed by atoms with E-state index in [2.05, 4.69) is 10.3 Å². The minimum absolute atomic E-state index is 0. The van der Waals surface area contributed by atoms with Gasteiger partial charge in [0.05, 0.1) is 5.56 Å². The molecule has 18 heavy (non-hydrogen) atoms. The number of hydrogen-bond acceptors (Lipinski definition) is 3. The third-order valence-corrected chi connectivity index (χ3v) is 2.87. The van der Waals surface area contributed by atoms with Gasteiger partial charge in [-0.25, -0.2) is 4.98 Å². The van der Waals surface area contributed by atoms with Crippen LogP contribution in [-0.2, 0) is 6.18 Å². The number of halogens is 4. The number of nitrogens with zero attached hydrogens (tertiary/aromatic N) is 2. The molecule has 1 aliphatic heterocycles. The molecular formula is C11H15ClF3N3. The first-order valence-electron chi connectivity index (χ1n) is 5.49. The number of pyridine rings is 1. The van der Waals surface area contributed by atoms with Gasteiger partial charge in [-0.3, -0.25) is 0 Å². The summed E-state index contributed by atoms with van der Waals surface area (Å²) in [7, 11) is 0. The van der Waals surface area contributed by atoms with Gasteiger partial charge in [-0.05, 0) is 19.1 Å². The topological polar surface area (TPSA) is 28.2 Å². The van der Waals surface area contributed by atoms with E-state index in [-0.39, 0.29) is 18.4 Å². The molecule has 1 fully saturated rings. The summed E-state index contributed by atoms with van der Waals surface area (Å²) in [5.41, 5.74) is -0.705. The largest absolute Gasteiger partial charge is 0.417 e. The van der Waals surface area contributed by atoms with Crippen molar-refractivity contribution in [3.05, 3.63) is 23.9 Å². The van der Waals surface area contributed by atoms with Crippen LogP contribution in [0.15, 0.2) is 18.3 Å². The number of alkyl halides is 3. The maximum absolute atomic E-state index is 12.4. The van der Waals surface area contributed by atoms with Gasteiger partial charge in [-0.15, -0.1) is 12.4 Å². The molecule has 0 bridgehead atoms. The maximum Gasteiger partial charge on any atom is 0.417 e. The highest BCUT2D eigenvalue weighted by Crippen LogP contribution is 2.29. The lowest BCUT2D eigenvalue weighted by Gasteiger charge is -2.34. The van der Waals surface area contributed by atoms with Crippen molar-refractivity contribution in [1.82, 2.24) is 10.3 Å². The monoisotopic (exact) mass is 281 g/mol. The molecule has 1 unspecified atom stereocenters. The molecule has 0 aromatic carbocycles. The number of nitrogens with one attached hydrogen (secondary N) is 1. The first kappa shape index (κ1) is 15.0. The Hall–Kier alpha value is -1.01. The highest BCUT2D eigenvalue weighted by Gasteiger charge is 2.31. The summed E-state index contributed by atoms with van der Waals surface area (Å²) >= 11 is 0. The molecule has 1 aromatic heterocycles. The Morgan fingerprint density at radius 1 is 1.39 bits per heavy atom. The summed E-state index contributed by atoms with van der Waals surface area (Å²) in [5.74, 6) is 0.604. The summed E-state index contributed by atoms with van der Waals surface area (Å²) in [6, 6.07) is 2.76. The van der Waals surface area contributed by atoms with Crippen molar-refractivity contribution >= 4 is 18.2 Å². The number of aromatic nitrogens is 1. The Bertz CT molecular complexity index is 380. The average Bonchev–Trinajstić information content (AvgIpc) is 2.29. The molecule has 0 aliphatic carbocycles. The lowest BCUT2D eigenvalue weighted by molar-refractivity contribution is -0.137. The summed E-state index contributed by atoms with van der Waals surface area (Å²) in [6.07, 6.45) is -3.43. The first-order valence-corrected chi connectivity index (χ1v) is 5.49. The van der Waals surface area contributed by atoms with E-state index in [1.54, 1.807) is 0 Å². The van der Waals surface area contributed by atoms with Crippen LogP contribution < -0.4 is 10.2 Å². The highest BCUT2D eigenvalue weighted by molar-refractivity contribution is 5.85. The van der Waals surface area contributed by atoms with Gasteiger partial charge in [0.1, 0.15) is 5.82 Å². The van der Waals surface area contributed by atoms with E-state index in [1.807, 2.05) is 11.8 Å². The van der Waals surface area contributed by atoms with Crippen LogP contribution in [0.4, 0.5) is 19.0 Å². The van der Waals surface area contributed by atoms with Gasteiger partial charge >= 0.3 is 6.18 Å². The summed E-state index contributed by atoms with van der Waals surface area (Å²) < 4.78 is 37.1. The standard InChI is InChI=1S/C11H14F3N3.ClH/c1-8-6-15-4-5-17(8)10-3-2-9(7-16-10)11(12,13)14;/h2-3,7-8,15H,4-6H2,1H3;1H. The van der Waals surface area contributed by atoms with Crippen molar-refractivity contribution in [2.24, 2.45) is 0 Å². The Kier molecular flexibility index (Phi) is 4.81. The van der Waals surface area contributed by atoms with Crippen LogP contribution in [0.25, 0.3) is 0 Å². The van der Waals surface area contributed by atoms with Crippen molar-refractivity contribution in [2.45, 2.75) is 19.1 Å². The van der Waals surface area contributed by atoms with E-state index in [0.717, 1.165) is 31.9 Å². The van der Waals surface area contributed by atoms with Gasteiger partial charge in [0, 0.05) is 31.9 Å². The summed E-state index contributed by atoms with van der Waals surface area (Å²) in [6.45, 7) is 4.43. The molecule has 1 N–H and O–H groups in total. The van der Waals surface area contributed by atoms with Crippen molar-refractivity contribution in [3.8, 4) is 0 Å². The smallest absolute Gasteiger partial charge is 0.351 e. The van der Waals surface area contributed by atoms with Crippen LogP contribution in [0.2, 0.25) is 0 Å². The summed E-state index contributed by atoms with van der Waals surface area (Å²) in [4.78, 5) is 5.91. The lowest BCUT2D eigenvalue weighted by atomic mass is 10.2. The van der Waals surface area contributed by atoms with Gasteiger partial charge in [0.25, 0.3) is 0 Å². The van der Waals surface area contributed by atoms with Crippen molar-refractivity contribution < 1.29 is 13.2 Å². The lowest BCUT2D eigenvalue weighted by Crippen LogP contribution is -2.50. The molecule has 7 heteroatoms. The SMILES string of the molecule is CC1CNCCN1c1ccc(C(F)(F)F)cn1.Cl. The predicted molar refractivity (Wildman–Crippen MR) is 66.2 cm³/mol. The van der Waals surface area contributed by atoms with Crippen LogP contribution in [0.5, 0.6) is 0 Å². The van der Waals surface area contributed by atoms with E-state index in [9.17, 15) is 13.2 Å². The van der Waals surface area contributed by atoms with Crippen molar-refractivity contribution in [1.29, 1.82) is 0 Å². The molecule has 102 valence electrons. The molecule has 1 atom stereocenters. The van der Waals surface area contributed by atoms with Crippen LogP contribution in [0.1, 0.15) is 12.5 Å². The molecule has 1 aliphatic rings. The third kappa shape index (κ3) is 3.26. The van der Waals surface area contributed by atoms with Gasteiger partial charge in [0.2, 0.25) is 0 Å². The molecule has 0 amide bonds. The zero-order valence-corrected chi connectivity index (χ0v) is 10.7. The minimum atomic E-state index is -4.32. The van der Waals surface area contributed by atoms with Gasteiger partial charge < -0.3 is 10.2 Å². The molecular weight excluding hydrogens is 267 g/mol. The number of hydrogen-bond donors (Lipinski definition) is 1. The van der Waals surface area contributed by atoms with Gasteiger partial charge in [-0.2, -0.15) is 13.2 Å². The van der Waals surface area contributed by atoms with Crippen LogP contribution in [-0.4, -0.2) is 30.7 Å². The first-order chi connectivity index (χ1) is 7.98. The Morgan fingerprint density at radius 3 is 2.61 bits per heavy atom. The normalized spacial score (nSPS) is 20.4. The third-order valence-electron chi connectivity index (χ3n) is 2.87. The fourth-order valence-electron chi connectivity index (χ4n) is 1.91. The Balaban J connectivity index is 0.00000162. The second-order valence-electron chi connectivity index (χ2n) is 4.15. The Labute approximate surface area is 110 Å². The molecule has 0 radical (unpaired) electrons. The van der Waals surface area contributed by atoms with Crippen molar-refractivity contribution in [3.63, 3.8) is 0 Å². The van der Waals surface area contributed by atoms with Gasteiger partial charge in [-0.1, -0.05) is 0 Å². The van der Waals surface area contributed by atoms with Gasteiger partial charge in [0.15, 0.2) is 0 Å². The average molecular weight is 282 g/mol. The number of rotatable bonds is 1. The molecule has 1 aromatic rings. The quantitative estimate of drug-likeness (QED) is 0.856. The predicted octanol–water partition coefficient (Wildman–Crippen LogP) is 2.32. The molecule has 0 spiro atoms. The molecule has 0 saturated carbocycles. The molecule has 2 heterocycles. The van der Waals surface area contributed by atoms with Crippen molar-refractivity contribution in [2.75, 3.05) is 24.5 Å². The fraction of sp³-hybridized carbons (Fsp3) is 0.545. The van der Waals surface area contributed by atoms with E-state index >= 15 is 0 Å². The zero-order chi connectivity index (χ0) is 12.5. The maximum atomic E-state index is 12.4. The molecule has 3 nitrogen and oxygen atoms in total. The van der Waals surface area contributed by atoms with Crippen LogP contribution in [0, 0.1) is 0 Å². The second kappa shape index (κ2) is 5.75. The Morgan fingerprint density at radius 2 is 2.11 bits per heavy atom. The fourth-order valence-corrected chi connectivity index (χ4v) is 1.91. The summed E-state index contributed by atoms with van der Waals surface area (Å²) in [5, 5.41) is 3.22. The van der Waals surface area contributed by atoms with E-state index in [4.69, 9.17) is 0 Å². The number of piperazine rings is 1. The van der Waals surface area contributed by atoms with E-state index in [1.165, 1.54) is 6.07 Å². The van der Waals surface area contributed by atoms with E-state index in [0.29, 0.717) is 5.82 Å². The second-order valence-corrected chi connectivity index (χ2v) is 4.15. The van der Waals surface area contributed by atoms with Crippen LogP contribution >= 0.6 is 12.4 Å². The zero-order valence-electron chi connectivity index (χ0n) is 9.87. The number of anilines is 1.